The number of amides is 1. The van der Waals surface area contributed by atoms with Crippen molar-refractivity contribution in [2.45, 2.75) is 13.5 Å². The summed E-state index contributed by atoms with van der Waals surface area (Å²) < 4.78 is 5.11. The zero-order valence-electron chi connectivity index (χ0n) is 15.1. The predicted molar refractivity (Wildman–Crippen MR) is 100 cm³/mol. The van der Waals surface area contributed by atoms with E-state index >= 15 is 0 Å². The van der Waals surface area contributed by atoms with Crippen LogP contribution >= 0.6 is 0 Å². The maximum Gasteiger partial charge on any atom is 0.359 e. The fraction of sp³-hybridized carbons (Fsp3) is 0.200. The van der Waals surface area contributed by atoms with Gasteiger partial charge in [-0.3, -0.25) is 9.59 Å². The first-order valence-corrected chi connectivity index (χ1v) is 8.40. The molecule has 3 aromatic rings. The van der Waals surface area contributed by atoms with Gasteiger partial charge in [-0.05, 0) is 24.1 Å². The second-order valence-corrected chi connectivity index (χ2v) is 6.20. The van der Waals surface area contributed by atoms with Gasteiger partial charge in [0.2, 0.25) is 0 Å². The fourth-order valence-electron chi connectivity index (χ4n) is 2.71. The lowest BCUT2D eigenvalue weighted by molar-refractivity contribution is -0.133. The van der Waals surface area contributed by atoms with E-state index in [0.717, 1.165) is 11.1 Å². The smallest absolute Gasteiger partial charge is 0.359 e. The van der Waals surface area contributed by atoms with E-state index < -0.39 is 18.1 Å². The van der Waals surface area contributed by atoms with Crippen molar-refractivity contribution in [1.82, 2.24) is 15.1 Å². The summed E-state index contributed by atoms with van der Waals surface area (Å²) in [5, 5.41) is 6.76. The molecule has 0 aliphatic carbocycles. The van der Waals surface area contributed by atoms with E-state index in [-0.39, 0.29) is 11.6 Å². The van der Waals surface area contributed by atoms with Gasteiger partial charge in [-0.25, -0.2) is 9.89 Å². The number of benzene rings is 2. The van der Waals surface area contributed by atoms with Crippen LogP contribution < -0.4 is 5.56 Å². The molecule has 0 aliphatic rings. The number of likely N-dealkylation sites (N-methyl/N-ethyl adjacent to an activating group) is 1. The highest BCUT2D eigenvalue weighted by Crippen LogP contribution is 2.14. The van der Waals surface area contributed by atoms with Gasteiger partial charge in [0.15, 0.2) is 12.3 Å². The monoisotopic (exact) mass is 365 g/mol. The molecule has 1 aromatic heterocycles. The van der Waals surface area contributed by atoms with Crippen molar-refractivity contribution in [3.8, 4) is 0 Å². The van der Waals surface area contributed by atoms with Crippen molar-refractivity contribution in [2.75, 3.05) is 13.7 Å². The highest BCUT2D eigenvalue weighted by atomic mass is 16.5. The Morgan fingerprint density at radius 2 is 1.74 bits per heavy atom. The molecule has 0 saturated heterocycles. The molecule has 3 rings (SSSR count). The SMILES string of the molecule is Cc1ccccc1CN(C)C(=O)COC(=O)c1n[nH]c(=O)c2ccccc12. The molecule has 1 N–H and O–H groups in total. The predicted octanol–water partition coefficient (Wildman–Crippen LogP) is 2.05. The standard InChI is InChI=1S/C20H19N3O4/c1-13-7-3-4-8-14(13)11-23(2)17(24)12-27-20(26)18-15-9-5-6-10-16(15)19(25)22-21-18/h3-10H,11-12H2,1-2H3,(H,22,25). The molecule has 7 nitrogen and oxygen atoms in total. The zero-order valence-corrected chi connectivity index (χ0v) is 15.1. The highest BCUT2D eigenvalue weighted by Gasteiger charge is 2.18. The molecular weight excluding hydrogens is 346 g/mol. The number of esters is 1. The van der Waals surface area contributed by atoms with Crippen LogP contribution in [0.25, 0.3) is 10.8 Å². The maximum atomic E-state index is 12.3. The molecule has 0 spiro atoms. The lowest BCUT2D eigenvalue weighted by atomic mass is 10.1. The number of nitrogens with zero attached hydrogens (tertiary/aromatic N) is 2. The van der Waals surface area contributed by atoms with E-state index in [4.69, 9.17) is 4.74 Å². The number of aromatic amines is 1. The van der Waals surface area contributed by atoms with Crippen LogP contribution in [0.15, 0.2) is 53.3 Å². The lowest BCUT2D eigenvalue weighted by Crippen LogP contribution is -2.31. The summed E-state index contributed by atoms with van der Waals surface area (Å²) in [6, 6.07) is 14.4. The summed E-state index contributed by atoms with van der Waals surface area (Å²) in [4.78, 5) is 37.9. The van der Waals surface area contributed by atoms with Crippen molar-refractivity contribution in [1.29, 1.82) is 0 Å². The van der Waals surface area contributed by atoms with Gasteiger partial charge in [0, 0.05) is 19.0 Å². The van der Waals surface area contributed by atoms with Gasteiger partial charge in [-0.2, -0.15) is 5.10 Å². The molecule has 0 fully saturated rings. The molecule has 0 radical (unpaired) electrons. The van der Waals surface area contributed by atoms with Crippen molar-refractivity contribution in [2.24, 2.45) is 0 Å². The molecular formula is C20H19N3O4. The molecule has 0 bridgehead atoms. The number of ether oxygens (including phenoxy) is 1. The number of hydrogen-bond acceptors (Lipinski definition) is 5. The van der Waals surface area contributed by atoms with Crippen molar-refractivity contribution >= 4 is 22.6 Å². The van der Waals surface area contributed by atoms with Crippen LogP contribution in [0.4, 0.5) is 0 Å². The maximum absolute atomic E-state index is 12.3. The summed E-state index contributed by atoms with van der Waals surface area (Å²) in [6.45, 7) is 1.99. The van der Waals surface area contributed by atoms with Crippen LogP contribution in [0.5, 0.6) is 0 Å². The largest absolute Gasteiger partial charge is 0.451 e. The number of rotatable bonds is 5. The Balaban J connectivity index is 1.67. The topological polar surface area (TPSA) is 92.4 Å². The van der Waals surface area contributed by atoms with Crippen LogP contribution in [-0.2, 0) is 16.1 Å². The van der Waals surface area contributed by atoms with Crippen LogP contribution in [0.2, 0.25) is 0 Å². The molecule has 0 aliphatic heterocycles. The molecule has 7 heteroatoms. The fourth-order valence-corrected chi connectivity index (χ4v) is 2.71. The van der Waals surface area contributed by atoms with Gasteiger partial charge < -0.3 is 9.64 Å². The van der Waals surface area contributed by atoms with Gasteiger partial charge >= 0.3 is 5.97 Å². The van der Waals surface area contributed by atoms with E-state index in [1.54, 1.807) is 31.3 Å². The number of nitrogens with one attached hydrogen (secondary N) is 1. The normalized spacial score (nSPS) is 10.6. The first-order valence-electron chi connectivity index (χ1n) is 8.40. The van der Waals surface area contributed by atoms with Gasteiger partial charge in [0.25, 0.3) is 11.5 Å². The second kappa shape index (κ2) is 7.82. The summed E-state index contributed by atoms with van der Waals surface area (Å²) in [5.41, 5.74) is 1.68. The van der Waals surface area contributed by atoms with Crippen molar-refractivity contribution in [3.63, 3.8) is 0 Å². The lowest BCUT2D eigenvalue weighted by Gasteiger charge is -2.18. The Kier molecular flexibility index (Phi) is 5.30. The summed E-state index contributed by atoms with van der Waals surface area (Å²) in [6.07, 6.45) is 0. The number of aromatic nitrogens is 2. The van der Waals surface area contributed by atoms with Gasteiger partial charge in [0.1, 0.15) is 0 Å². The molecule has 138 valence electrons. The van der Waals surface area contributed by atoms with E-state index in [0.29, 0.717) is 17.3 Å². The van der Waals surface area contributed by atoms with Crippen LogP contribution in [0.3, 0.4) is 0 Å². The minimum Gasteiger partial charge on any atom is -0.451 e. The summed E-state index contributed by atoms with van der Waals surface area (Å²) in [5.74, 6) is -1.10. The van der Waals surface area contributed by atoms with Crippen molar-refractivity contribution in [3.05, 3.63) is 75.7 Å². The van der Waals surface area contributed by atoms with E-state index in [9.17, 15) is 14.4 Å². The number of H-pyrrole nitrogens is 1. The van der Waals surface area contributed by atoms with Crippen LogP contribution in [0.1, 0.15) is 21.6 Å². The van der Waals surface area contributed by atoms with Crippen LogP contribution in [-0.4, -0.2) is 40.6 Å². The molecule has 2 aromatic carbocycles. The van der Waals surface area contributed by atoms with Gasteiger partial charge in [-0.15, -0.1) is 0 Å². The van der Waals surface area contributed by atoms with E-state index in [1.165, 1.54) is 4.90 Å². The zero-order chi connectivity index (χ0) is 19.4. The molecule has 27 heavy (non-hydrogen) atoms. The number of fused-ring (bicyclic) bond motifs is 1. The third-order valence-electron chi connectivity index (χ3n) is 4.31. The van der Waals surface area contributed by atoms with E-state index in [2.05, 4.69) is 10.2 Å². The first kappa shape index (κ1) is 18.3. The van der Waals surface area contributed by atoms with Gasteiger partial charge in [-0.1, -0.05) is 42.5 Å². The molecule has 0 unspecified atom stereocenters. The average molecular weight is 365 g/mol. The molecule has 0 saturated carbocycles. The minimum atomic E-state index is -0.764. The summed E-state index contributed by atoms with van der Waals surface area (Å²) >= 11 is 0. The minimum absolute atomic E-state index is 0.0282. The molecule has 1 amide bonds. The Bertz CT molecular complexity index is 1060. The second-order valence-electron chi connectivity index (χ2n) is 6.20. The van der Waals surface area contributed by atoms with Crippen LogP contribution in [0, 0.1) is 6.92 Å². The number of carbonyl (C=O) groups excluding carboxylic acids is 2. The Hall–Kier alpha value is -3.48. The Morgan fingerprint density at radius 3 is 2.48 bits per heavy atom. The van der Waals surface area contributed by atoms with E-state index in [1.807, 2.05) is 31.2 Å². The van der Waals surface area contributed by atoms with Crippen molar-refractivity contribution < 1.29 is 14.3 Å². The number of hydrogen-bond donors (Lipinski definition) is 1. The number of aryl methyl sites for hydroxylation is 1. The highest BCUT2D eigenvalue weighted by molar-refractivity contribution is 6.02. The third-order valence-corrected chi connectivity index (χ3v) is 4.31. The Morgan fingerprint density at radius 1 is 1.07 bits per heavy atom. The molecule has 1 heterocycles. The summed E-state index contributed by atoms with van der Waals surface area (Å²) in [7, 11) is 1.65. The average Bonchev–Trinajstić information content (AvgIpc) is 2.68. The molecule has 0 atom stereocenters. The number of carbonyl (C=O) groups is 2. The third kappa shape index (κ3) is 4.03. The van der Waals surface area contributed by atoms with Gasteiger partial charge in [0.05, 0.1) is 5.39 Å². The quantitative estimate of drug-likeness (QED) is 0.699. The Labute approximate surface area is 155 Å². The first-order chi connectivity index (χ1) is 13.0.